The van der Waals surface area contributed by atoms with Gasteiger partial charge in [0.2, 0.25) is 0 Å². The smallest absolute Gasteiger partial charge is 0.310 e. The molecule has 1 aromatic heterocycles. The van der Waals surface area contributed by atoms with E-state index < -0.39 is 17.7 Å². The number of aliphatic carboxylic acids is 1. The fraction of sp³-hybridized carbons (Fsp3) is 0.250. The van der Waals surface area contributed by atoms with Crippen LogP contribution in [0.4, 0.5) is 4.39 Å². The number of rotatable bonds is 2. The van der Waals surface area contributed by atoms with Crippen LogP contribution >= 0.6 is 11.6 Å². The maximum Gasteiger partial charge on any atom is 0.310 e. The van der Waals surface area contributed by atoms with Crippen molar-refractivity contribution in [2.45, 2.75) is 12.8 Å². The predicted octanol–water partition coefficient (Wildman–Crippen LogP) is 2.06. The van der Waals surface area contributed by atoms with E-state index in [4.69, 9.17) is 16.7 Å². The van der Waals surface area contributed by atoms with Crippen LogP contribution in [0.2, 0.25) is 5.15 Å². The molecule has 3 nitrogen and oxygen atoms in total. The van der Waals surface area contributed by atoms with E-state index >= 15 is 0 Å². The number of hydrogen-bond donors (Lipinski definition) is 1. The molecule has 1 N–H and O–H groups in total. The third-order valence-corrected chi connectivity index (χ3v) is 1.90. The molecular formula is C8H7ClFNO2. The van der Waals surface area contributed by atoms with Gasteiger partial charge in [-0.3, -0.25) is 4.79 Å². The molecule has 13 heavy (non-hydrogen) atoms. The summed E-state index contributed by atoms with van der Waals surface area (Å²) < 4.78 is 13.0. The lowest BCUT2D eigenvalue weighted by molar-refractivity contribution is -0.138. The first-order valence-corrected chi connectivity index (χ1v) is 3.94. The largest absolute Gasteiger partial charge is 0.481 e. The zero-order chi connectivity index (χ0) is 10.0. The van der Waals surface area contributed by atoms with Gasteiger partial charge in [-0.2, -0.15) is 0 Å². The Morgan fingerprint density at radius 2 is 2.38 bits per heavy atom. The fourth-order valence-corrected chi connectivity index (χ4v) is 1.06. The Bertz CT molecular complexity index is 343. The highest BCUT2D eigenvalue weighted by Gasteiger charge is 2.18. The minimum absolute atomic E-state index is 0.0486. The quantitative estimate of drug-likeness (QED) is 0.749. The Morgan fingerprint density at radius 3 is 2.92 bits per heavy atom. The highest BCUT2D eigenvalue weighted by molar-refractivity contribution is 6.29. The maximum atomic E-state index is 13.0. The molecule has 5 heteroatoms. The van der Waals surface area contributed by atoms with E-state index in [0.29, 0.717) is 0 Å². The van der Waals surface area contributed by atoms with Gasteiger partial charge in [0.25, 0.3) is 0 Å². The summed E-state index contributed by atoms with van der Waals surface area (Å²) in [5, 5.41) is 8.71. The van der Waals surface area contributed by atoms with Crippen LogP contribution in [0, 0.1) is 5.82 Å². The summed E-state index contributed by atoms with van der Waals surface area (Å²) in [6.45, 7) is 1.39. The number of carbonyl (C=O) groups is 1. The van der Waals surface area contributed by atoms with Crippen molar-refractivity contribution in [2.24, 2.45) is 0 Å². The average Bonchev–Trinajstić information content (AvgIpc) is 2.08. The van der Waals surface area contributed by atoms with Crippen molar-refractivity contribution in [1.29, 1.82) is 0 Å². The van der Waals surface area contributed by atoms with Crippen LogP contribution in [0.25, 0.3) is 0 Å². The van der Waals surface area contributed by atoms with Crippen LogP contribution in [0.15, 0.2) is 12.3 Å². The van der Waals surface area contributed by atoms with Crippen molar-refractivity contribution in [2.75, 3.05) is 0 Å². The Balaban J connectivity index is 3.12. The highest BCUT2D eigenvalue weighted by atomic mass is 35.5. The molecule has 0 aliphatic rings. The van der Waals surface area contributed by atoms with Crippen LogP contribution in [0.1, 0.15) is 18.4 Å². The molecule has 0 spiro atoms. The Morgan fingerprint density at radius 1 is 1.77 bits per heavy atom. The SMILES string of the molecule is CC(C(=O)O)c1cc(Cl)ncc1F. The molecule has 0 aliphatic heterocycles. The monoisotopic (exact) mass is 203 g/mol. The van der Waals surface area contributed by atoms with Gasteiger partial charge in [0.1, 0.15) is 11.0 Å². The van der Waals surface area contributed by atoms with Gasteiger partial charge in [-0.25, -0.2) is 9.37 Å². The molecule has 0 radical (unpaired) electrons. The molecule has 1 heterocycles. The Kier molecular flexibility index (Phi) is 2.83. The third kappa shape index (κ3) is 2.15. The molecule has 0 saturated heterocycles. The van der Waals surface area contributed by atoms with Crippen molar-refractivity contribution in [3.8, 4) is 0 Å². The second kappa shape index (κ2) is 3.70. The minimum Gasteiger partial charge on any atom is -0.481 e. The summed E-state index contributed by atoms with van der Waals surface area (Å²) in [4.78, 5) is 14.0. The Labute approximate surface area is 79.2 Å². The number of pyridine rings is 1. The number of carboxylic acid groups (broad SMARTS) is 1. The molecule has 0 amide bonds. The first-order chi connectivity index (χ1) is 6.02. The van der Waals surface area contributed by atoms with Gasteiger partial charge < -0.3 is 5.11 Å². The summed E-state index contributed by atoms with van der Waals surface area (Å²) in [6.07, 6.45) is 0.914. The van der Waals surface area contributed by atoms with Crippen molar-refractivity contribution >= 4 is 17.6 Å². The van der Waals surface area contributed by atoms with E-state index in [2.05, 4.69) is 4.98 Å². The number of nitrogens with zero attached hydrogens (tertiary/aromatic N) is 1. The first kappa shape index (κ1) is 9.92. The topological polar surface area (TPSA) is 50.2 Å². The van der Waals surface area contributed by atoms with Gasteiger partial charge in [-0.1, -0.05) is 11.6 Å². The van der Waals surface area contributed by atoms with Gasteiger partial charge in [0, 0.05) is 5.56 Å². The Hall–Kier alpha value is -1.16. The lowest BCUT2D eigenvalue weighted by Crippen LogP contribution is -2.09. The summed E-state index contributed by atoms with van der Waals surface area (Å²) in [5.74, 6) is -2.67. The van der Waals surface area contributed by atoms with E-state index in [-0.39, 0.29) is 10.7 Å². The lowest BCUT2D eigenvalue weighted by atomic mass is 10.0. The molecule has 0 aromatic carbocycles. The second-order valence-corrected chi connectivity index (χ2v) is 2.98. The molecule has 0 aliphatic carbocycles. The van der Waals surface area contributed by atoms with Crippen molar-refractivity contribution in [3.63, 3.8) is 0 Å². The molecule has 0 saturated carbocycles. The normalized spacial score (nSPS) is 12.5. The standard InChI is InChI=1S/C8H7ClFNO2/c1-4(8(12)13)5-2-7(9)11-3-6(5)10/h2-4H,1H3,(H,12,13). The van der Waals surface area contributed by atoms with E-state index in [1.54, 1.807) is 0 Å². The van der Waals surface area contributed by atoms with Crippen LogP contribution < -0.4 is 0 Å². The number of carboxylic acids is 1. The van der Waals surface area contributed by atoms with Gasteiger partial charge in [0.15, 0.2) is 0 Å². The van der Waals surface area contributed by atoms with E-state index in [1.807, 2.05) is 0 Å². The van der Waals surface area contributed by atoms with Crippen molar-refractivity contribution in [1.82, 2.24) is 4.98 Å². The fourth-order valence-electron chi connectivity index (χ4n) is 0.892. The molecule has 1 rings (SSSR count). The molecular weight excluding hydrogens is 197 g/mol. The second-order valence-electron chi connectivity index (χ2n) is 2.59. The number of halogens is 2. The van der Waals surface area contributed by atoms with Crippen LogP contribution in [-0.2, 0) is 4.79 Å². The van der Waals surface area contributed by atoms with Crippen LogP contribution in [0.3, 0.4) is 0 Å². The molecule has 1 aromatic rings. The molecule has 0 fully saturated rings. The summed E-state index contributed by atoms with van der Waals surface area (Å²) in [5.41, 5.74) is 0.0486. The zero-order valence-corrected chi connectivity index (χ0v) is 7.55. The predicted molar refractivity (Wildman–Crippen MR) is 45.3 cm³/mol. The third-order valence-electron chi connectivity index (χ3n) is 1.69. The van der Waals surface area contributed by atoms with Gasteiger partial charge >= 0.3 is 5.97 Å². The minimum atomic E-state index is -1.10. The summed E-state index contributed by atoms with van der Waals surface area (Å²) in [7, 11) is 0. The molecule has 1 unspecified atom stereocenters. The summed E-state index contributed by atoms with van der Waals surface area (Å²) in [6, 6.07) is 1.22. The zero-order valence-electron chi connectivity index (χ0n) is 6.79. The van der Waals surface area contributed by atoms with E-state index in [1.165, 1.54) is 13.0 Å². The van der Waals surface area contributed by atoms with Crippen LogP contribution in [-0.4, -0.2) is 16.1 Å². The number of aromatic nitrogens is 1. The maximum absolute atomic E-state index is 13.0. The van der Waals surface area contributed by atoms with Crippen molar-refractivity contribution < 1.29 is 14.3 Å². The molecule has 0 bridgehead atoms. The van der Waals surface area contributed by atoms with Gasteiger partial charge in [0.05, 0.1) is 12.1 Å². The van der Waals surface area contributed by atoms with E-state index in [0.717, 1.165) is 6.20 Å². The van der Waals surface area contributed by atoms with Crippen molar-refractivity contribution in [3.05, 3.63) is 28.8 Å². The van der Waals surface area contributed by atoms with Gasteiger partial charge in [-0.05, 0) is 13.0 Å². The van der Waals surface area contributed by atoms with Crippen LogP contribution in [0.5, 0.6) is 0 Å². The summed E-state index contributed by atoms with van der Waals surface area (Å²) >= 11 is 5.49. The van der Waals surface area contributed by atoms with Gasteiger partial charge in [-0.15, -0.1) is 0 Å². The molecule has 70 valence electrons. The highest BCUT2D eigenvalue weighted by Crippen LogP contribution is 2.20. The van der Waals surface area contributed by atoms with E-state index in [9.17, 15) is 9.18 Å². The average molecular weight is 204 g/mol. The lowest BCUT2D eigenvalue weighted by Gasteiger charge is -2.07. The number of hydrogen-bond acceptors (Lipinski definition) is 2. The molecule has 1 atom stereocenters. The first-order valence-electron chi connectivity index (χ1n) is 3.56.